The number of hydrogen-bond acceptors (Lipinski definition) is 5. The van der Waals surface area contributed by atoms with Crippen LogP contribution in [0.5, 0.6) is 0 Å². The number of aldehydes is 1. The van der Waals surface area contributed by atoms with Crippen molar-refractivity contribution in [1.82, 2.24) is 20.2 Å². The minimum atomic E-state index is 0.402. The van der Waals surface area contributed by atoms with Crippen molar-refractivity contribution in [3.63, 3.8) is 0 Å². The summed E-state index contributed by atoms with van der Waals surface area (Å²) in [5.41, 5.74) is 3.06. The van der Waals surface area contributed by atoms with E-state index in [1.54, 1.807) is 4.68 Å². The lowest BCUT2D eigenvalue weighted by molar-refractivity contribution is 0.111. The highest BCUT2D eigenvalue weighted by Gasteiger charge is 2.15. The first-order valence-electron chi connectivity index (χ1n) is 5.46. The summed E-state index contributed by atoms with van der Waals surface area (Å²) in [5.74, 6) is 0.771. The Morgan fingerprint density at radius 1 is 1.41 bits per heavy atom. The molecule has 2 rings (SSSR count). The minimum Gasteiger partial charge on any atom is -0.361 e. The van der Waals surface area contributed by atoms with E-state index in [0.717, 1.165) is 29.0 Å². The molecule has 0 aromatic carbocycles. The third-order valence-corrected chi connectivity index (χ3v) is 2.80. The predicted octanol–water partition coefficient (Wildman–Crippen LogP) is 1.31. The summed E-state index contributed by atoms with van der Waals surface area (Å²) < 4.78 is 6.81. The molecule has 0 aliphatic heterocycles. The molecule has 2 aromatic rings. The van der Waals surface area contributed by atoms with Crippen molar-refractivity contribution in [2.45, 2.75) is 33.7 Å². The molecule has 0 aliphatic rings. The monoisotopic (exact) mass is 234 g/mol. The van der Waals surface area contributed by atoms with Gasteiger partial charge in [-0.05, 0) is 20.3 Å². The van der Waals surface area contributed by atoms with Crippen molar-refractivity contribution >= 4 is 6.29 Å². The second-order valence-corrected chi connectivity index (χ2v) is 3.85. The standard InChI is InChI=1S/C11H14N4O2/c1-4-11-10(6-16)12-14-15(11)5-9-7(2)13-17-8(9)3/h6H,4-5H2,1-3H3. The number of carbonyl (C=O) groups is 1. The van der Waals surface area contributed by atoms with E-state index in [0.29, 0.717) is 18.7 Å². The van der Waals surface area contributed by atoms with Crippen LogP contribution in [0.4, 0.5) is 0 Å². The quantitative estimate of drug-likeness (QED) is 0.745. The number of aromatic nitrogens is 4. The van der Waals surface area contributed by atoms with Gasteiger partial charge in [0.05, 0.1) is 17.9 Å². The minimum absolute atomic E-state index is 0.402. The fourth-order valence-corrected chi connectivity index (χ4v) is 1.81. The summed E-state index contributed by atoms with van der Waals surface area (Å²) in [4.78, 5) is 10.8. The topological polar surface area (TPSA) is 73.8 Å². The first-order valence-corrected chi connectivity index (χ1v) is 5.46. The molecule has 0 unspecified atom stereocenters. The van der Waals surface area contributed by atoms with Crippen molar-refractivity contribution in [2.24, 2.45) is 0 Å². The zero-order valence-electron chi connectivity index (χ0n) is 10.1. The van der Waals surface area contributed by atoms with Gasteiger partial charge in [0.1, 0.15) is 11.5 Å². The van der Waals surface area contributed by atoms with Crippen LogP contribution in [0.3, 0.4) is 0 Å². The Kier molecular flexibility index (Phi) is 3.03. The molecule has 0 amide bonds. The smallest absolute Gasteiger partial charge is 0.172 e. The highest BCUT2D eigenvalue weighted by molar-refractivity contribution is 5.73. The fraction of sp³-hybridized carbons (Fsp3) is 0.455. The molecule has 6 nitrogen and oxygen atoms in total. The Labute approximate surface area is 98.6 Å². The van der Waals surface area contributed by atoms with Crippen molar-refractivity contribution in [1.29, 1.82) is 0 Å². The average molecular weight is 234 g/mol. The molecule has 90 valence electrons. The number of hydrogen-bond donors (Lipinski definition) is 0. The van der Waals surface area contributed by atoms with E-state index in [1.807, 2.05) is 20.8 Å². The first kappa shape index (κ1) is 11.5. The van der Waals surface area contributed by atoms with E-state index in [2.05, 4.69) is 15.5 Å². The van der Waals surface area contributed by atoms with E-state index >= 15 is 0 Å². The van der Waals surface area contributed by atoms with Crippen molar-refractivity contribution in [3.05, 3.63) is 28.4 Å². The number of aryl methyl sites for hydroxylation is 2. The van der Waals surface area contributed by atoms with Gasteiger partial charge in [-0.15, -0.1) is 5.10 Å². The molecule has 6 heteroatoms. The second kappa shape index (κ2) is 4.48. The zero-order chi connectivity index (χ0) is 12.4. The van der Waals surface area contributed by atoms with Crippen molar-refractivity contribution < 1.29 is 9.32 Å². The van der Waals surface area contributed by atoms with Crippen molar-refractivity contribution in [2.75, 3.05) is 0 Å². The van der Waals surface area contributed by atoms with Crippen LogP contribution in [0.2, 0.25) is 0 Å². The van der Waals surface area contributed by atoms with E-state index in [-0.39, 0.29) is 0 Å². The van der Waals surface area contributed by atoms with Crippen LogP contribution >= 0.6 is 0 Å². The molecule has 0 aliphatic carbocycles. The normalized spacial score (nSPS) is 10.8. The van der Waals surface area contributed by atoms with Gasteiger partial charge in [0.25, 0.3) is 0 Å². The zero-order valence-corrected chi connectivity index (χ0v) is 10.1. The SMILES string of the molecule is CCc1c(C=O)nnn1Cc1c(C)noc1C. The molecule has 0 N–H and O–H groups in total. The van der Waals surface area contributed by atoms with Gasteiger partial charge >= 0.3 is 0 Å². The summed E-state index contributed by atoms with van der Waals surface area (Å²) in [6, 6.07) is 0. The molecular formula is C11H14N4O2. The molecule has 0 fully saturated rings. The van der Waals surface area contributed by atoms with Gasteiger partial charge in [-0.1, -0.05) is 17.3 Å². The average Bonchev–Trinajstić information content (AvgIpc) is 2.86. The molecule has 0 radical (unpaired) electrons. The number of rotatable bonds is 4. The maximum atomic E-state index is 10.8. The lowest BCUT2D eigenvalue weighted by Crippen LogP contribution is -2.08. The Hall–Kier alpha value is -1.98. The molecule has 0 bridgehead atoms. The van der Waals surface area contributed by atoms with E-state index in [1.165, 1.54) is 0 Å². The molecule has 2 aromatic heterocycles. The van der Waals surface area contributed by atoms with Gasteiger partial charge in [-0.3, -0.25) is 4.79 Å². The van der Waals surface area contributed by atoms with Crippen LogP contribution in [-0.4, -0.2) is 26.4 Å². The number of nitrogens with zero attached hydrogens (tertiary/aromatic N) is 4. The molecule has 0 spiro atoms. The van der Waals surface area contributed by atoms with Gasteiger partial charge in [0.15, 0.2) is 6.29 Å². The van der Waals surface area contributed by atoms with Gasteiger partial charge < -0.3 is 4.52 Å². The van der Waals surface area contributed by atoms with Gasteiger partial charge in [0.2, 0.25) is 0 Å². The van der Waals surface area contributed by atoms with E-state index in [9.17, 15) is 4.79 Å². The second-order valence-electron chi connectivity index (χ2n) is 3.85. The molecule has 17 heavy (non-hydrogen) atoms. The summed E-state index contributed by atoms with van der Waals surface area (Å²) in [5, 5.41) is 11.7. The highest BCUT2D eigenvalue weighted by atomic mass is 16.5. The molecule has 0 atom stereocenters. The first-order chi connectivity index (χ1) is 8.17. The third-order valence-electron chi connectivity index (χ3n) is 2.80. The Morgan fingerprint density at radius 2 is 2.18 bits per heavy atom. The van der Waals surface area contributed by atoms with Crippen LogP contribution in [0.1, 0.15) is 40.1 Å². The Bertz CT molecular complexity index is 522. The van der Waals surface area contributed by atoms with Crippen LogP contribution in [0, 0.1) is 13.8 Å². The van der Waals surface area contributed by atoms with E-state index < -0.39 is 0 Å². The number of carbonyl (C=O) groups excluding carboxylic acids is 1. The predicted molar refractivity (Wildman–Crippen MR) is 59.9 cm³/mol. The highest BCUT2D eigenvalue weighted by Crippen LogP contribution is 2.15. The summed E-state index contributed by atoms with van der Waals surface area (Å²) >= 11 is 0. The maximum absolute atomic E-state index is 10.8. The largest absolute Gasteiger partial charge is 0.361 e. The lowest BCUT2D eigenvalue weighted by Gasteiger charge is -2.04. The molecule has 0 saturated carbocycles. The molecule has 0 saturated heterocycles. The molecular weight excluding hydrogens is 220 g/mol. The maximum Gasteiger partial charge on any atom is 0.172 e. The van der Waals surface area contributed by atoms with Crippen LogP contribution in [-0.2, 0) is 13.0 Å². The van der Waals surface area contributed by atoms with Crippen LogP contribution < -0.4 is 0 Å². The van der Waals surface area contributed by atoms with Crippen molar-refractivity contribution in [3.8, 4) is 0 Å². The van der Waals surface area contributed by atoms with E-state index in [4.69, 9.17) is 4.52 Å². The summed E-state index contributed by atoms with van der Waals surface area (Å²) in [6.45, 7) is 6.24. The lowest BCUT2D eigenvalue weighted by atomic mass is 10.2. The van der Waals surface area contributed by atoms with Gasteiger partial charge in [-0.25, -0.2) is 4.68 Å². The Balaban J connectivity index is 2.36. The fourth-order valence-electron chi connectivity index (χ4n) is 1.81. The molecule has 2 heterocycles. The third kappa shape index (κ3) is 1.98. The van der Waals surface area contributed by atoms with Gasteiger partial charge in [-0.2, -0.15) is 0 Å². The summed E-state index contributed by atoms with van der Waals surface area (Å²) in [7, 11) is 0. The summed E-state index contributed by atoms with van der Waals surface area (Å²) in [6.07, 6.45) is 1.44. The Morgan fingerprint density at radius 3 is 2.71 bits per heavy atom. The van der Waals surface area contributed by atoms with Gasteiger partial charge in [0, 0.05) is 5.56 Å². The van der Waals surface area contributed by atoms with Crippen LogP contribution in [0.25, 0.3) is 0 Å². The van der Waals surface area contributed by atoms with Crippen LogP contribution in [0.15, 0.2) is 4.52 Å².